The van der Waals surface area contributed by atoms with Gasteiger partial charge in [0.05, 0.1) is 22.6 Å². The number of pyridine rings is 1. The van der Waals surface area contributed by atoms with E-state index < -0.39 is 0 Å². The van der Waals surface area contributed by atoms with E-state index in [9.17, 15) is 0 Å². The monoisotopic (exact) mass is 528 g/mol. The van der Waals surface area contributed by atoms with Gasteiger partial charge in [0, 0.05) is 26.8 Å². The van der Waals surface area contributed by atoms with Gasteiger partial charge in [-0.25, -0.2) is 0 Å². The van der Waals surface area contributed by atoms with Gasteiger partial charge in [-0.3, -0.25) is 4.98 Å². The summed E-state index contributed by atoms with van der Waals surface area (Å²) in [6.45, 7) is 0. The van der Waals surface area contributed by atoms with Crippen LogP contribution in [0.3, 0.4) is 0 Å². The molecule has 0 aliphatic carbocycles. The van der Waals surface area contributed by atoms with Crippen LogP contribution in [0.4, 0.5) is 17.1 Å². The van der Waals surface area contributed by atoms with E-state index in [1.54, 1.807) is 0 Å². The Morgan fingerprint density at radius 2 is 1.05 bits per heavy atom. The van der Waals surface area contributed by atoms with Crippen molar-refractivity contribution in [3.63, 3.8) is 0 Å². The third-order valence-electron chi connectivity index (χ3n) is 7.67. The lowest BCUT2D eigenvalue weighted by atomic mass is 10.0. The summed E-state index contributed by atoms with van der Waals surface area (Å²) >= 11 is 1.85. The predicted octanol–water partition coefficient (Wildman–Crippen LogP) is 10.7. The predicted molar refractivity (Wildman–Crippen MR) is 169 cm³/mol. The Kier molecular flexibility index (Phi) is 5.42. The summed E-state index contributed by atoms with van der Waals surface area (Å²) in [5.74, 6) is 0. The molecule has 0 N–H and O–H groups in total. The van der Waals surface area contributed by atoms with Crippen LogP contribution < -0.4 is 4.90 Å². The van der Waals surface area contributed by atoms with Gasteiger partial charge in [-0.1, -0.05) is 115 Å². The standard InChI is InChI=1S/C37H24N2S/c1-3-9-25(10-4-1)29-18-20-31-34(23-29)40-35-24-30(26-11-5-2-6-12-26)19-21-32(35)39(31)33-15-7-13-27-16-17-28-14-8-22-38-37(28)36(27)33/h1-24H. The first-order chi connectivity index (χ1) is 19.8. The minimum Gasteiger partial charge on any atom is -0.308 e. The van der Waals surface area contributed by atoms with Crippen molar-refractivity contribution in [2.45, 2.75) is 9.79 Å². The molecular formula is C37H24N2S. The van der Waals surface area contributed by atoms with Crippen molar-refractivity contribution in [3.8, 4) is 22.3 Å². The fourth-order valence-electron chi connectivity index (χ4n) is 5.77. The molecule has 0 amide bonds. The lowest BCUT2D eigenvalue weighted by molar-refractivity contribution is 1.17. The molecule has 1 aliphatic rings. The van der Waals surface area contributed by atoms with E-state index in [0.29, 0.717) is 0 Å². The Balaban J connectivity index is 1.39. The second-order valence-corrected chi connectivity index (χ2v) is 11.1. The van der Waals surface area contributed by atoms with Crippen LogP contribution in [-0.4, -0.2) is 4.98 Å². The summed E-state index contributed by atoms with van der Waals surface area (Å²) < 4.78 is 0. The minimum absolute atomic E-state index is 1.03. The van der Waals surface area contributed by atoms with Crippen molar-refractivity contribution >= 4 is 50.5 Å². The van der Waals surface area contributed by atoms with Gasteiger partial charge in [0.15, 0.2) is 0 Å². The average Bonchev–Trinajstić information content (AvgIpc) is 3.03. The molecule has 0 spiro atoms. The Morgan fingerprint density at radius 1 is 0.450 bits per heavy atom. The molecule has 0 saturated heterocycles. The quantitative estimate of drug-likeness (QED) is 0.212. The van der Waals surface area contributed by atoms with E-state index >= 15 is 0 Å². The van der Waals surface area contributed by atoms with Crippen molar-refractivity contribution < 1.29 is 0 Å². The summed E-state index contributed by atoms with van der Waals surface area (Å²) in [7, 11) is 0. The number of aromatic nitrogens is 1. The molecular weight excluding hydrogens is 504 g/mol. The highest BCUT2D eigenvalue weighted by Gasteiger charge is 2.27. The van der Waals surface area contributed by atoms with Crippen LogP contribution in [0.1, 0.15) is 0 Å². The van der Waals surface area contributed by atoms with Gasteiger partial charge in [0.25, 0.3) is 0 Å². The molecule has 6 aromatic carbocycles. The molecule has 1 aromatic heterocycles. The van der Waals surface area contributed by atoms with Crippen molar-refractivity contribution in [2.24, 2.45) is 0 Å². The van der Waals surface area contributed by atoms with E-state index in [2.05, 4.69) is 138 Å². The van der Waals surface area contributed by atoms with Gasteiger partial charge in [-0.2, -0.15) is 0 Å². The summed E-state index contributed by atoms with van der Waals surface area (Å²) in [5, 5.41) is 3.50. The first-order valence-electron chi connectivity index (χ1n) is 13.5. The second-order valence-electron chi connectivity index (χ2n) is 10.1. The van der Waals surface area contributed by atoms with Crippen LogP contribution in [0.2, 0.25) is 0 Å². The highest BCUT2D eigenvalue weighted by atomic mass is 32.2. The molecule has 0 saturated carbocycles. The van der Waals surface area contributed by atoms with Crippen LogP contribution in [0.15, 0.2) is 156 Å². The van der Waals surface area contributed by atoms with Crippen molar-refractivity contribution in [3.05, 3.63) is 146 Å². The summed E-state index contributed by atoms with van der Waals surface area (Å²) in [6, 6.07) is 50.1. The Hall–Kier alpha value is -4.86. The fraction of sp³-hybridized carbons (Fsp3) is 0. The summed E-state index contributed by atoms with van der Waals surface area (Å²) in [5.41, 5.74) is 9.43. The maximum Gasteiger partial charge on any atom is 0.0801 e. The van der Waals surface area contributed by atoms with Crippen molar-refractivity contribution in [2.75, 3.05) is 4.90 Å². The molecule has 2 heterocycles. The van der Waals surface area contributed by atoms with Crippen LogP contribution in [0.25, 0.3) is 43.9 Å². The number of nitrogens with zero attached hydrogens (tertiary/aromatic N) is 2. The van der Waals surface area contributed by atoms with E-state index in [0.717, 1.165) is 16.6 Å². The zero-order valence-corrected chi connectivity index (χ0v) is 22.5. The maximum absolute atomic E-state index is 4.85. The molecule has 7 aromatic rings. The first-order valence-corrected chi connectivity index (χ1v) is 14.3. The second kappa shape index (κ2) is 9.41. The maximum atomic E-state index is 4.85. The largest absolute Gasteiger partial charge is 0.308 e. The van der Waals surface area contributed by atoms with Crippen LogP contribution in [0, 0.1) is 0 Å². The van der Waals surface area contributed by atoms with Gasteiger partial charge >= 0.3 is 0 Å². The van der Waals surface area contributed by atoms with Gasteiger partial charge in [-0.05, 0) is 64.0 Å². The molecule has 3 heteroatoms. The van der Waals surface area contributed by atoms with Crippen molar-refractivity contribution in [1.82, 2.24) is 4.98 Å². The molecule has 40 heavy (non-hydrogen) atoms. The Labute approximate surface area is 237 Å². The van der Waals surface area contributed by atoms with Crippen LogP contribution in [0.5, 0.6) is 0 Å². The van der Waals surface area contributed by atoms with E-state index in [1.807, 2.05) is 24.0 Å². The molecule has 0 atom stereocenters. The molecule has 0 bridgehead atoms. The highest BCUT2D eigenvalue weighted by Crippen LogP contribution is 2.54. The van der Waals surface area contributed by atoms with Crippen LogP contribution in [-0.2, 0) is 0 Å². The summed E-state index contributed by atoms with van der Waals surface area (Å²) in [6.07, 6.45) is 1.89. The molecule has 2 nitrogen and oxygen atoms in total. The fourth-order valence-corrected chi connectivity index (χ4v) is 6.91. The van der Waals surface area contributed by atoms with Gasteiger partial charge < -0.3 is 4.90 Å². The van der Waals surface area contributed by atoms with Gasteiger partial charge in [-0.15, -0.1) is 0 Å². The Morgan fingerprint density at radius 3 is 1.70 bits per heavy atom. The van der Waals surface area contributed by atoms with Gasteiger partial charge in [0.1, 0.15) is 0 Å². The van der Waals surface area contributed by atoms with E-state index in [-0.39, 0.29) is 0 Å². The van der Waals surface area contributed by atoms with Crippen molar-refractivity contribution in [1.29, 1.82) is 0 Å². The average molecular weight is 529 g/mol. The molecule has 0 fully saturated rings. The zero-order chi connectivity index (χ0) is 26.5. The number of rotatable bonds is 3. The van der Waals surface area contributed by atoms with E-state index in [1.165, 1.54) is 54.2 Å². The number of fused-ring (bicyclic) bond motifs is 5. The number of anilines is 3. The SMILES string of the molecule is c1ccc(-c2ccc3c(c2)Sc2cc(-c4ccccc4)ccc2N3c2cccc3ccc4cccnc4c23)cc1. The molecule has 1 aliphatic heterocycles. The highest BCUT2D eigenvalue weighted by molar-refractivity contribution is 7.99. The molecule has 0 radical (unpaired) electrons. The minimum atomic E-state index is 1.03. The molecule has 0 unspecified atom stereocenters. The zero-order valence-electron chi connectivity index (χ0n) is 21.7. The topological polar surface area (TPSA) is 16.1 Å². The lowest BCUT2D eigenvalue weighted by Crippen LogP contribution is -2.15. The number of benzene rings is 6. The first kappa shape index (κ1) is 23.1. The lowest BCUT2D eigenvalue weighted by Gasteiger charge is -2.34. The Bertz CT molecular complexity index is 1940. The van der Waals surface area contributed by atoms with E-state index in [4.69, 9.17) is 4.98 Å². The third kappa shape index (κ3) is 3.78. The van der Waals surface area contributed by atoms with Crippen LogP contribution >= 0.6 is 11.8 Å². The smallest absolute Gasteiger partial charge is 0.0801 e. The number of hydrogen-bond donors (Lipinski definition) is 0. The van der Waals surface area contributed by atoms with Gasteiger partial charge in [0.2, 0.25) is 0 Å². The normalized spacial score (nSPS) is 12.3. The third-order valence-corrected chi connectivity index (χ3v) is 8.76. The number of hydrogen-bond acceptors (Lipinski definition) is 3. The molecule has 8 rings (SSSR count). The summed E-state index contributed by atoms with van der Waals surface area (Å²) in [4.78, 5) is 9.76. The molecule has 188 valence electrons.